The molecule has 4 aromatic rings. The minimum Gasteiger partial charge on any atom is -0.406 e. The first-order valence-electron chi connectivity index (χ1n) is 12.4. The topological polar surface area (TPSA) is 140 Å². The fraction of sp³-hybridized carbons (Fsp3) is 0.179. The summed E-state index contributed by atoms with van der Waals surface area (Å²) in [6, 6.07) is 19.8. The summed E-state index contributed by atoms with van der Waals surface area (Å²) in [5.41, 5.74) is 1.16. The lowest BCUT2D eigenvalue weighted by molar-refractivity contribution is -0.274. The second-order valence-corrected chi connectivity index (χ2v) is 11.3. The molecule has 1 heterocycles. The maximum atomic E-state index is 13.1. The van der Waals surface area contributed by atoms with E-state index in [1.54, 1.807) is 74.5 Å². The molecule has 1 aromatic heterocycles. The summed E-state index contributed by atoms with van der Waals surface area (Å²) >= 11 is 0. The monoisotopic (exact) mass is 600 g/mol. The fourth-order valence-corrected chi connectivity index (χ4v) is 4.43. The highest BCUT2D eigenvalue weighted by Gasteiger charge is 2.33. The first-order valence-corrected chi connectivity index (χ1v) is 13.9. The van der Waals surface area contributed by atoms with Crippen molar-refractivity contribution in [3.8, 4) is 5.75 Å². The molecule has 42 heavy (non-hydrogen) atoms. The molecular weight excluding hydrogens is 573 g/mol. The number of carbonyl (C=O) groups excluding carboxylic acids is 1. The van der Waals surface area contributed by atoms with E-state index in [1.807, 2.05) is 0 Å². The summed E-state index contributed by atoms with van der Waals surface area (Å²) in [7, 11) is -2.08. The van der Waals surface area contributed by atoms with Crippen LogP contribution in [0.5, 0.6) is 5.75 Å². The molecule has 0 spiro atoms. The van der Waals surface area contributed by atoms with E-state index >= 15 is 0 Å². The third kappa shape index (κ3) is 7.53. The van der Waals surface area contributed by atoms with Crippen LogP contribution in [0.25, 0.3) is 0 Å². The molecular formula is C28H27F3N6O4S. The van der Waals surface area contributed by atoms with Crippen molar-refractivity contribution >= 4 is 44.8 Å². The Balaban J connectivity index is 1.43. The summed E-state index contributed by atoms with van der Waals surface area (Å²) in [5, 5.41) is 11.0. The van der Waals surface area contributed by atoms with Crippen LogP contribution in [0.1, 0.15) is 19.4 Å². The van der Waals surface area contributed by atoms with Crippen molar-refractivity contribution in [2.45, 2.75) is 30.5 Å². The number of sulfonamides is 1. The smallest absolute Gasteiger partial charge is 0.406 e. The number of carbonyl (C=O) groups is 1. The maximum absolute atomic E-state index is 13.1. The van der Waals surface area contributed by atoms with Gasteiger partial charge in [0, 0.05) is 30.3 Å². The average molecular weight is 601 g/mol. The van der Waals surface area contributed by atoms with Crippen LogP contribution < -0.4 is 25.4 Å². The molecule has 1 amide bonds. The van der Waals surface area contributed by atoms with Gasteiger partial charge in [0.1, 0.15) is 11.6 Å². The van der Waals surface area contributed by atoms with Crippen molar-refractivity contribution in [3.05, 3.63) is 90.6 Å². The Morgan fingerprint density at radius 1 is 0.952 bits per heavy atom. The molecule has 220 valence electrons. The van der Waals surface area contributed by atoms with E-state index in [-0.39, 0.29) is 22.5 Å². The highest BCUT2D eigenvalue weighted by Crippen LogP contribution is 2.30. The Labute approximate surface area is 240 Å². The molecule has 4 rings (SSSR count). The molecule has 0 saturated heterocycles. The van der Waals surface area contributed by atoms with Crippen LogP contribution in [0.3, 0.4) is 0 Å². The predicted octanol–water partition coefficient (Wildman–Crippen LogP) is 5.45. The SMILES string of the molecule is CN(c1ccc(NC(=O)C(C)(C)c2ccc(OC(F)(F)F)cc2)cc1)c1ccnc(Nc2cccc(S(N)(=O)=O)c2)n1. The number of rotatable bonds is 9. The number of primary sulfonamides is 1. The van der Waals surface area contributed by atoms with Gasteiger partial charge in [0.05, 0.1) is 10.3 Å². The van der Waals surface area contributed by atoms with Gasteiger partial charge in [-0.15, -0.1) is 13.2 Å². The van der Waals surface area contributed by atoms with E-state index in [1.165, 1.54) is 24.3 Å². The molecule has 0 bridgehead atoms. The van der Waals surface area contributed by atoms with Gasteiger partial charge in [0.25, 0.3) is 0 Å². The number of nitrogens with zero attached hydrogens (tertiary/aromatic N) is 3. The Morgan fingerprint density at radius 3 is 2.24 bits per heavy atom. The van der Waals surface area contributed by atoms with Crippen molar-refractivity contribution in [1.82, 2.24) is 9.97 Å². The largest absolute Gasteiger partial charge is 0.573 e. The lowest BCUT2D eigenvalue weighted by atomic mass is 9.83. The van der Waals surface area contributed by atoms with E-state index in [2.05, 4.69) is 25.3 Å². The van der Waals surface area contributed by atoms with E-state index < -0.39 is 21.8 Å². The molecule has 0 radical (unpaired) electrons. The van der Waals surface area contributed by atoms with Gasteiger partial charge in [0.2, 0.25) is 21.9 Å². The summed E-state index contributed by atoms with van der Waals surface area (Å²) in [4.78, 5) is 23.5. The summed E-state index contributed by atoms with van der Waals surface area (Å²) < 4.78 is 64.5. The van der Waals surface area contributed by atoms with Crippen molar-refractivity contribution < 1.29 is 31.1 Å². The molecule has 0 aliphatic heterocycles. The number of halogens is 3. The molecule has 0 fully saturated rings. The molecule has 0 aliphatic carbocycles. The van der Waals surface area contributed by atoms with E-state index in [0.717, 1.165) is 17.8 Å². The van der Waals surface area contributed by atoms with Crippen LogP contribution in [0, 0.1) is 0 Å². The zero-order valence-electron chi connectivity index (χ0n) is 22.7. The van der Waals surface area contributed by atoms with E-state index in [9.17, 15) is 26.4 Å². The highest BCUT2D eigenvalue weighted by atomic mass is 32.2. The molecule has 0 unspecified atom stereocenters. The van der Waals surface area contributed by atoms with Crippen molar-refractivity contribution in [2.75, 3.05) is 22.6 Å². The second kappa shape index (κ2) is 11.7. The Morgan fingerprint density at radius 2 is 1.62 bits per heavy atom. The minimum absolute atomic E-state index is 0.0511. The number of nitrogens with two attached hydrogens (primary N) is 1. The first kappa shape index (κ1) is 30.3. The van der Waals surface area contributed by atoms with Gasteiger partial charge in [-0.3, -0.25) is 4.79 Å². The molecule has 0 atom stereocenters. The van der Waals surface area contributed by atoms with Gasteiger partial charge in [0.15, 0.2) is 0 Å². The Kier molecular flexibility index (Phi) is 8.40. The predicted molar refractivity (Wildman–Crippen MR) is 152 cm³/mol. The van der Waals surface area contributed by atoms with Gasteiger partial charge in [-0.05, 0) is 80.1 Å². The third-order valence-corrected chi connectivity index (χ3v) is 7.20. The number of benzene rings is 3. The third-order valence-electron chi connectivity index (χ3n) is 6.29. The van der Waals surface area contributed by atoms with E-state index in [0.29, 0.717) is 22.8 Å². The van der Waals surface area contributed by atoms with Crippen LogP contribution in [0.4, 0.5) is 42.0 Å². The maximum Gasteiger partial charge on any atom is 0.573 e. The Hall–Kier alpha value is -4.69. The van der Waals surface area contributed by atoms with Crippen LogP contribution in [-0.2, 0) is 20.2 Å². The molecule has 4 N–H and O–H groups in total. The number of alkyl halides is 3. The van der Waals surface area contributed by atoms with Crippen molar-refractivity contribution in [3.63, 3.8) is 0 Å². The molecule has 10 nitrogen and oxygen atoms in total. The average Bonchev–Trinajstić information content (AvgIpc) is 2.92. The zero-order valence-corrected chi connectivity index (χ0v) is 23.5. The number of anilines is 5. The molecule has 0 saturated carbocycles. The van der Waals surface area contributed by atoms with Gasteiger partial charge in [-0.2, -0.15) is 4.98 Å². The number of nitrogens with one attached hydrogen (secondary N) is 2. The summed E-state index contributed by atoms with van der Waals surface area (Å²) in [6.45, 7) is 3.33. The summed E-state index contributed by atoms with van der Waals surface area (Å²) in [5.74, 6) is 0.0390. The normalized spacial score (nSPS) is 12.0. The molecule has 0 aliphatic rings. The van der Waals surface area contributed by atoms with Crippen molar-refractivity contribution in [2.24, 2.45) is 5.14 Å². The number of hydrogen-bond acceptors (Lipinski definition) is 8. The van der Waals surface area contributed by atoms with Crippen LogP contribution in [0.15, 0.2) is 90.0 Å². The van der Waals surface area contributed by atoms with E-state index in [4.69, 9.17) is 5.14 Å². The zero-order chi connectivity index (χ0) is 30.7. The lowest BCUT2D eigenvalue weighted by Gasteiger charge is -2.25. The molecule has 3 aromatic carbocycles. The number of aromatic nitrogens is 2. The van der Waals surface area contributed by atoms with Gasteiger partial charge in [-0.25, -0.2) is 18.5 Å². The van der Waals surface area contributed by atoms with Crippen molar-refractivity contribution in [1.29, 1.82) is 0 Å². The van der Waals surface area contributed by atoms with Gasteiger partial charge < -0.3 is 20.3 Å². The second-order valence-electron chi connectivity index (χ2n) is 9.69. The van der Waals surface area contributed by atoms with Crippen LogP contribution in [0.2, 0.25) is 0 Å². The standard InChI is InChI=1S/C28H27F3N6O4S/c1-27(2,18-7-13-22(14-8-18)41-28(29,30)31)25(38)34-19-9-11-21(12-10-19)37(3)24-15-16-33-26(36-24)35-20-5-4-6-23(17-20)42(32,39)40/h4-17H,1-3H3,(H,34,38)(H2,32,39,40)(H,33,35,36). The van der Waals surface area contributed by atoms with Crippen LogP contribution in [-0.4, -0.2) is 37.7 Å². The highest BCUT2D eigenvalue weighted by molar-refractivity contribution is 7.89. The summed E-state index contributed by atoms with van der Waals surface area (Å²) in [6.07, 6.45) is -3.26. The molecule has 14 heteroatoms. The fourth-order valence-electron chi connectivity index (χ4n) is 3.87. The quantitative estimate of drug-likeness (QED) is 0.231. The number of ether oxygens (including phenoxy) is 1. The van der Waals surface area contributed by atoms with Crippen LogP contribution >= 0.6 is 0 Å². The van der Waals surface area contributed by atoms with Gasteiger partial charge >= 0.3 is 6.36 Å². The minimum atomic E-state index is -4.80. The first-order chi connectivity index (χ1) is 19.6. The lowest BCUT2D eigenvalue weighted by Crippen LogP contribution is -2.34. The number of hydrogen-bond donors (Lipinski definition) is 3. The van der Waals surface area contributed by atoms with Gasteiger partial charge in [-0.1, -0.05) is 18.2 Å². The number of amides is 1. The Bertz CT molecular complexity index is 1680.